The fourth-order valence-electron chi connectivity index (χ4n) is 8.47. The highest BCUT2D eigenvalue weighted by molar-refractivity contribution is 6.25. The van der Waals surface area contributed by atoms with Gasteiger partial charge in [0.2, 0.25) is 0 Å². The Morgan fingerprint density at radius 2 is 0.333 bits per heavy atom. The lowest BCUT2D eigenvalue weighted by Gasteiger charge is -2.27. The molecule has 0 unspecified atom stereocenters. The number of benzene rings is 5. The molecule has 32 nitrogen and oxygen atoms in total. The molecule has 0 atom stereocenters. The molecule has 0 aromatic heterocycles. The first-order chi connectivity index (χ1) is 36.1. The molecule has 0 aliphatic rings. The maximum atomic E-state index is 13.6. The van der Waals surface area contributed by atoms with Gasteiger partial charge in [0.1, 0.15) is 0 Å². The van der Waals surface area contributed by atoms with E-state index in [1.807, 2.05) is 0 Å². The molecule has 0 saturated carbocycles. The number of aromatic carboxylic acids is 16. The smallest absolute Gasteiger partial charge is 0.337 e. The molecule has 0 fully saturated rings. The largest absolute Gasteiger partial charge is 0.478 e. The van der Waals surface area contributed by atoms with Gasteiger partial charge in [0.05, 0.1) is 89.0 Å². The van der Waals surface area contributed by atoms with Gasteiger partial charge in [-0.05, 0) is 68.8 Å². The van der Waals surface area contributed by atoms with E-state index in [-0.39, 0.29) is 36.4 Å². The summed E-state index contributed by atoms with van der Waals surface area (Å²) < 4.78 is 0. The summed E-state index contributed by atoms with van der Waals surface area (Å²) in [6.45, 7) is 0. The molecule has 398 valence electrons. The van der Waals surface area contributed by atoms with Gasteiger partial charge in [-0.1, -0.05) is 12.1 Å². The van der Waals surface area contributed by atoms with Crippen LogP contribution in [0.15, 0.2) is 36.4 Å². The Labute approximate surface area is 423 Å². The Balaban J connectivity index is 2.62. The van der Waals surface area contributed by atoms with Crippen LogP contribution in [-0.2, 0) is 0 Å². The van der Waals surface area contributed by atoms with E-state index in [0.29, 0.717) is 0 Å². The van der Waals surface area contributed by atoms with Crippen LogP contribution in [0.25, 0.3) is 44.5 Å². The van der Waals surface area contributed by atoms with E-state index < -0.39 is 229 Å². The van der Waals surface area contributed by atoms with E-state index in [4.69, 9.17) is 0 Å². The SMILES string of the molecule is O=C(O)c1cc(-c2ccc(-c3cc(C(=O)O)c(C(=O)O)c(C(=O)O)c3C(=O)O)c(-c3cc(C(=O)O)c(C(=O)O)c(C(=O)O)c3C(=O)O)c2-c2cc(C(=O)O)c(C(=O)O)c(C(=O)O)c2C(=O)O)c(C(=O)O)c(C(=O)O)c1C(=O)O. The summed E-state index contributed by atoms with van der Waals surface area (Å²) in [4.78, 5) is 208. The van der Waals surface area contributed by atoms with Crippen molar-refractivity contribution in [3.05, 3.63) is 125 Å². The lowest BCUT2D eigenvalue weighted by Crippen LogP contribution is -2.23. The number of hydrogen-bond acceptors (Lipinski definition) is 16. The van der Waals surface area contributed by atoms with E-state index in [0.717, 1.165) is 0 Å². The lowest BCUT2D eigenvalue weighted by molar-refractivity contribution is 0.0619. The van der Waals surface area contributed by atoms with Gasteiger partial charge in [0, 0.05) is 0 Å². The third-order valence-electron chi connectivity index (χ3n) is 11.1. The van der Waals surface area contributed by atoms with Crippen LogP contribution in [0, 0.1) is 0 Å². The highest BCUT2D eigenvalue weighted by Gasteiger charge is 2.42. The summed E-state index contributed by atoms with van der Waals surface area (Å²) in [5.74, 6) is -42.1. The molecular formula is C46H22O32. The van der Waals surface area contributed by atoms with E-state index in [1.165, 1.54) is 0 Å². The minimum absolute atomic E-state index is 0.0708. The average Bonchev–Trinajstić information content (AvgIpc) is 3.32. The van der Waals surface area contributed by atoms with Crippen LogP contribution in [0.3, 0.4) is 0 Å². The molecule has 32 heteroatoms. The fourth-order valence-corrected chi connectivity index (χ4v) is 8.47. The van der Waals surface area contributed by atoms with Gasteiger partial charge in [0.25, 0.3) is 0 Å². The monoisotopic (exact) mass is 1090 g/mol. The molecule has 0 aliphatic carbocycles. The molecule has 0 amide bonds. The Kier molecular flexibility index (Phi) is 14.7. The average molecular weight is 1090 g/mol. The summed E-state index contributed by atoms with van der Waals surface area (Å²) in [6.07, 6.45) is 0. The summed E-state index contributed by atoms with van der Waals surface area (Å²) in [7, 11) is 0. The van der Waals surface area contributed by atoms with Gasteiger partial charge in [-0.15, -0.1) is 0 Å². The molecule has 16 N–H and O–H groups in total. The molecule has 0 aliphatic heterocycles. The summed E-state index contributed by atoms with van der Waals surface area (Å²) >= 11 is 0. The minimum Gasteiger partial charge on any atom is -0.478 e. The first kappa shape index (κ1) is 56.5. The fraction of sp³-hybridized carbons (Fsp3) is 0. The molecule has 0 radical (unpaired) electrons. The van der Waals surface area contributed by atoms with Crippen LogP contribution >= 0.6 is 0 Å². The van der Waals surface area contributed by atoms with Gasteiger partial charge < -0.3 is 81.7 Å². The van der Waals surface area contributed by atoms with E-state index in [2.05, 4.69) is 0 Å². The molecule has 78 heavy (non-hydrogen) atoms. The van der Waals surface area contributed by atoms with Crippen molar-refractivity contribution in [2.24, 2.45) is 0 Å². The predicted octanol–water partition coefficient (Wildman–Crippen LogP) is 3.53. The molecule has 5 aromatic rings. The maximum absolute atomic E-state index is 13.6. The molecule has 5 rings (SSSR count). The highest BCUT2D eigenvalue weighted by Crippen LogP contribution is 2.52. The van der Waals surface area contributed by atoms with Crippen LogP contribution in [0.5, 0.6) is 0 Å². The van der Waals surface area contributed by atoms with Crippen molar-refractivity contribution >= 4 is 95.5 Å². The van der Waals surface area contributed by atoms with Gasteiger partial charge in [-0.3, -0.25) is 0 Å². The van der Waals surface area contributed by atoms with Crippen molar-refractivity contribution in [2.75, 3.05) is 0 Å². The van der Waals surface area contributed by atoms with Crippen LogP contribution in [0.4, 0.5) is 0 Å². The molecule has 0 bridgehead atoms. The molecule has 0 saturated heterocycles. The molecule has 0 spiro atoms. The second-order valence-corrected chi connectivity index (χ2v) is 15.2. The maximum Gasteiger partial charge on any atom is 0.337 e. The predicted molar refractivity (Wildman–Crippen MR) is 240 cm³/mol. The number of rotatable bonds is 20. The van der Waals surface area contributed by atoms with Crippen LogP contribution in [0.1, 0.15) is 166 Å². The summed E-state index contributed by atoms with van der Waals surface area (Å²) in [5.41, 5.74) is -45.5. The van der Waals surface area contributed by atoms with Gasteiger partial charge >= 0.3 is 95.5 Å². The summed E-state index contributed by atoms with van der Waals surface area (Å²) in [5, 5.41) is 166. The standard InChI is InChI=1S/C46H22O32/c47-31(48)13-3-9(19(35(55)56)27(43(71)72)23(13)39(63)64)7-1-2-8(10-4-14(32(49)50)24(40(65)66)28(44(73)74)20(10)36(57)58)18(12-6-16(34(53)54)26(42(69)70)30(46(77)78)22(12)38(61)62)17(7)11-5-15(33(51)52)25(41(67)68)29(45(75)76)21(11)37(59)60/h1-6H,(H,47,48)(H,49,50)(H,51,52)(H,53,54)(H,55,56)(H,57,58)(H,59,60)(H,61,62)(H,63,64)(H,65,66)(H,67,68)(H,69,70)(H,71,72)(H,73,74)(H,75,76)(H,77,78). The van der Waals surface area contributed by atoms with E-state index in [1.54, 1.807) is 0 Å². The zero-order valence-corrected chi connectivity index (χ0v) is 37.2. The topological polar surface area (TPSA) is 597 Å². The first-order valence-corrected chi connectivity index (χ1v) is 19.8. The summed E-state index contributed by atoms with van der Waals surface area (Å²) in [6, 6.07) is -0.141. The second kappa shape index (κ2) is 20.3. The minimum atomic E-state index is -2.77. The van der Waals surface area contributed by atoms with E-state index in [9.17, 15) is 158 Å². The first-order valence-electron chi connectivity index (χ1n) is 19.8. The van der Waals surface area contributed by atoms with Gasteiger partial charge in [-0.25, -0.2) is 76.7 Å². The molecule has 0 heterocycles. The zero-order valence-electron chi connectivity index (χ0n) is 37.2. The zero-order chi connectivity index (χ0) is 59.3. The highest BCUT2D eigenvalue weighted by atomic mass is 16.4. The second-order valence-electron chi connectivity index (χ2n) is 15.2. The number of hydrogen-bond donors (Lipinski definition) is 16. The Hall–Kier alpha value is -12.4. The van der Waals surface area contributed by atoms with Crippen LogP contribution < -0.4 is 0 Å². The van der Waals surface area contributed by atoms with E-state index >= 15 is 0 Å². The van der Waals surface area contributed by atoms with Crippen molar-refractivity contribution in [3.8, 4) is 44.5 Å². The normalized spacial score (nSPS) is 10.7. The van der Waals surface area contributed by atoms with Crippen molar-refractivity contribution in [1.82, 2.24) is 0 Å². The number of carbonyl (C=O) groups is 16. The van der Waals surface area contributed by atoms with Crippen molar-refractivity contribution in [2.45, 2.75) is 0 Å². The van der Waals surface area contributed by atoms with Crippen LogP contribution in [0.2, 0.25) is 0 Å². The van der Waals surface area contributed by atoms with Gasteiger partial charge in [-0.2, -0.15) is 0 Å². The van der Waals surface area contributed by atoms with Gasteiger partial charge in [0.15, 0.2) is 0 Å². The lowest BCUT2D eigenvalue weighted by atomic mass is 9.75. The van der Waals surface area contributed by atoms with Crippen molar-refractivity contribution in [1.29, 1.82) is 0 Å². The van der Waals surface area contributed by atoms with Crippen molar-refractivity contribution < 1.29 is 158 Å². The Morgan fingerprint density at radius 1 is 0.179 bits per heavy atom. The third kappa shape index (κ3) is 9.21. The molecular weight excluding hydrogens is 1060 g/mol. The number of carboxylic acids is 16. The van der Waals surface area contributed by atoms with Crippen molar-refractivity contribution in [3.63, 3.8) is 0 Å². The Morgan fingerprint density at radius 3 is 0.487 bits per heavy atom. The quantitative estimate of drug-likeness (QED) is 0.0530. The Bertz CT molecular complexity index is 3580. The van der Waals surface area contributed by atoms with Crippen LogP contribution in [-0.4, -0.2) is 177 Å². The molecule has 5 aromatic carbocycles. The third-order valence-corrected chi connectivity index (χ3v) is 11.1. The number of carboxylic acid groups (broad SMARTS) is 16.